The van der Waals surface area contributed by atoms with Crippen molar-refractivity contribution in [3.8, 4) is 0 Å². The highest BCUT2D eigenvalue weighted by Crippen LogP contribution is 2.10. The first-order valence-corrected chi connectivity index (χ1v) is 7.80. The highest BCUT2D eigenvalue weighted by molar-refractivity contribution is 5.97. The Morgan fingerprint density at radius 2 is 1.78 bits per heavy atom. The smallest absolute Gasteiger partial charge is 0.238 e. The first-order valence-electron chi connectivity index (χ1n) is 7.80. The van der Waals surface area contributed by atoms with E-state index in [0.29, 0.717) is 11.3 Å². The van der Waals surface area contributed by atoms with E-state index in [1.807, 2.05) is 18.2 Å². The summed E-state index contributed by atoms with van der Waals surface area (Å²) in [6, 6.07) is 17.3. The van der Waals surface area contributed by atoms with Crippen LogP contribution in [0.5, 0.6) is 0 Å². The summed E-state index contributed by atoms with van der Waals surface area (Å²) in [5.74, 6) is -0.120. The van der Waals surface area contributed by atoms with Gasteiger partial charge in [0.15, 0.2) is 5.78 Å². The Hall–Kier alpha value is -2.46. The fourth-order valence-electron chi connectivity index (χ4n) is 2.29. The number of carbonyl (C=O) groups excluding carboxylic acids is 2. The molecule has 0 radical (unpaired) electrons. The van der Waals surface area contributed by atoms with Gasteiger partial charge < -0.3 is 10.6 Å². The number of nitrogens with one attached hydrogen (secondary N) is 2. The third kappa shape index (κ3) is 6.04. The number of hydrogen-bond acceptors (Lipinski definition) is 3. The molecule has 0 unspecified atom stereocenters. The number of benzene rings is 2. The van der Waals surface area contributed by atoms with E-state index in [2.05, 4.69) is 22.8 Å². The van der Waals surface area contributed by atoms with Crippen LogP contribution in [-0.2, 0) is 11.2 Å². The zero-order chi connectivity index (χ0) is 16.5. The third-order valence-electron chi connectivity index (χ3n) is 3.50. The van der Waals surface area contributed by atoms with Gasteiger partial charge in [-0.05, 0) is 44.0 Å². The zero-order valence-electron chi connectivity index (χ0n) is 13.3. The molecule has 0 bridgehead atoms. The number of amides is 1. The first-order chi connectivity index (χ1) is 11.1. The molecule has 0 saturated carbocycles. The Bertz CT molecular complexity index is 653. The quantitative estimate of drug-likeness (QED) is 0.582. The Kier molecular flexibility index (Phi) is 6.51. The second kappa shape index (κ2) is 8.86. The molecule has 2 aromatic carbocycles. The van der Waals surface area contributed by atoms with Crippen LogP contribution in [0.4, 0.5) is 5.69 Å². The van der Waals surface area contributed by atoms with Crippen LogP contribution in [0.1, 0.15) is 29.3 Å². The third-order valence-corrected chi connectivity index (χ3v) is 3.50. The molecule has 2 aromatic rings. The van der Waals surface area contributed by atoms with E-state index >= 15 is 0 Å². The maximum absolute atomic E-state index is 11.9. The zero-order valence-corrected chi connectivity index (χ0v) is 13.3. The molecular formula is C19H22N2O2. The lowest BCUT2D eigenvalue weighted by Crippen LogP contribution is -2.29. The molecule has 0 atom stereocenters. The van der Waals surface area contributed by atoms with Crippen molar-refractivity contribution in [1.29, 1.82) is 0 Å². The van der Waals surface area contributed by atoms with E-state index < -0.39 is 0 Å². The van der Waals surface area contributed by atoms with Crippen molar-refractivity contribution in [3.05, 3.63) is 65.7 Å². The van der Waals surface area contributed by atoms with Crippen LogP contribution >= 0.6 is 0 Å². The Morgan fingerprint density at radius 3 is 2.52 bits per heavy atom. The average molecular weight is 310 g/mol. The SMILES string of the molecule is CC(=O)c1cccc(NC(=O)CNCCCc2ccccc2)c1. The van der Waals surface area contributed by atoms with E-state index in [9.17, 15) is 9.59 Å². The van der Waals surface area contributed by atoms with Crippen LogP contribution in [-0.4, -0.2) is 24.8 Å². The lowest BCUT2D eigenvalue weighted by atomic mass is 10.1. The summed E-state index contributed by atoms with van der Waals surface area (Å²) < 4.78 is 0. The van der Waals surface area contributed by atoms with Crippen molar-refractivity contribution in [2.75, 3.05) is 18.4 Å². The number of ketones is 1. The molecule has 0 aliphatic carbocycles. The Balaban J connectivity index is 1.67. The minimum Gasteiger partial charge on any atom is -0.325 e. The van der Waals surface area contributed by atoms with Gasteiger partial charge in [0, 0.05) is 11.3 Å². The van der Waals surface area contributed by atoms with Crippen LogP contribution in [0.15, 0.2) is 54.6 Å². The van der Waals surface area contributed by atoms with Gasteiger partial charge in [-0.2, -0.15) is 0 Å². The van der Waals surface area contributed by atoms with Gasteiger partial charge in [0.25, 0.3) is 0 Å². The summed E-state index contributed by atoms with van der Waals surface area (Å²) >= 11 is 0. The lowest BCUT2D eigenvalue weighted by Gasteiger charge is -2.08. The van der Waals surface area contributed by atoms with Crippen LogP contribution in [0.25, 0.3) is 0 Å². The van der Waals surface area contributed by atoms with Crippen molar-refractivity contribution in [2.45, 2.75) is 19.8 Å². The Morgan fingerprint density at radius 1 is 1.00 bits per heavy atom. The molecule has 0 saturated heterocycles. The van der Waals surface area contributed by atoms with Crippen molar-refractivity contribution >= 4 is 17.4 Å². The molecule has 0 fully saturated rings. The van der Waals surface area contributed by atoms with E-state index in [4.69, 9.17) is 0 Å². The molecule has 0 aliphatic heterocycles. The topological polar surface area (TPSA) is 58.2 Å². The molecule has 2 N–H and O–H groups in total. The van der Waals surface area contributed by atoms with Crippen LogP contribution in [0.3, 0.4) is 0 Å². The maximum Gasteiger partial charge on any atom is 0.238 e. The highest BCUT2D eigenvalue weighted by Gasteiger charge is 2.04. The van der Waals surface area contributed by atoms with Crippen molar-refractivity contribution in [2.24, 2.45) is 0 Å². The number of anilines is 1. The molecule has 1 amide bonds. The van der Waals surface area contributed by atoms with Gasteiger partial charge in [-0.25, -0.2) is 0 Å². The standard InChI is InChI=1S/C19H22N2O2/c1-15(22)17-10-5-11-18(13-17)21-19(23)14-20-12-6-9-16-7-3-2-4-8-16/h2-5,7-8,10-11,13,20H,6,9,12,14H2,1H3,(H,21,23). The van der Waals surface area contributed by atoms with E-state index in [-0.39, 0.29) is 18.2 Å². The number of rotatable bonds is 8. The molecular weight excluding hydrogens is 288 g/mol. The van der Waals surface area contributed by atoms with Crippen molar-refractivity contribution in [1.82, 2.24) is 5.32 Å². The number of aryl methyl sites for hydroxylation is 1. The largest absolute Gasteiger partial charge is 0.325 e. The van der Waals surface area contributed by atoms with Gasteiger partial charge in [0.1, 0.15) is 0 Å². The fourth-order valence-corrected chi connectivity index (χ4v) is 2.29. The average Bonchev–Trinajstić information content (AvgIpc) is 2.55. The number of carbonyl (C=O) groups is 2. The van der Waals surface area contributed by atoms with Crippen LogP contribution in [0, 0.1) is 0 Å². The Labute approximate surface area is 136 Å². The number of hydrogen-bond donors (Lipinski definition) is 2. The summed E-state index contributed by atoms with van der Waals surface area (Å²) in [7, 11) is 0. The second-order valence-electron chi connectivity index (χ2n) is 5.45. The van der Waals surface area contributed by atoms with Gasteiger partial charge in [-0.1, -0.05) is 42.5 Å². The molecule has 2 rings (SSSR count). The summed E-state index contributed by atoms with van der Waals surface area (Å²) in [6.45, 7) is 2.56. The highest BCUT2D eigenvalue weighted by atomic mass is 16.2. The molecule has 4 nitrogen and oxygen atoms in total. The summed E-state index contributed by atoms with van der Waals surface area (Å²) in [5.41, 5.74) is 2.55. The van der Waals surface area contributed by atoms with Crippen LogP contribution in [0.2, 0.25) is 0 Å². The predicted molar refractivity (Wildman–Crippen MR) is 92.7 cm³/mol. The minimum atomic E-state index is -0.106. The van der Waals surface area contributed by atoms with Crippen molar-refractivity contribution in [3.63, 3.8) is 0 Å². The molecule has 120 valence electrons. The molecule has 0 heterocycles. The summed E-state index contributed by atoms with van der Waals surface area (Å²) in [4.78, 5) is 23.2. The molecule has 0 aliphatic rings. The van der Waals surface area contributed by atoms with E-state index in [0.717, 1.165) is 19.4 Å². The molecule has 0 spiro atoms. The predicted octanol–water partition coefficient (Wildman–Crippen LogP) is 3.05. The molecule has 23 heavy (non-hydrogen) atoms. The van der Waals surface area contributed by atoms with Gasteiger partial charge in [-0.15, -0.1) is 0 Å². The fraction of sp³-hybridized carbons (Fsp3) is 0.263. The van der Waals surface area contributed by atoms with Crippen molar-refractivity contribution < 1.29 is 9.59 Å². The van der Waals surface area contributed by atoms with E-state index in [1.165, 1.54) is 12.5 Å². The summed E-state index contributed by atoms with van der Waals surface area (Å²) in [5, 5.41) is 5.93. The van der Waals surface area contributed by atoms with Gasteiger partial charge >= 0.3 is 0 Å². The van der Waals surface area contributed by atoms with Crippen LogP contribution < -0.4 is 10.6 Å². The lowest BCUT2D eigenvalue weighted by molar-refractivity contribution is -0.115. The van der Waals surface area contributed by atoms with Gasteiger partial charge in [0.05, 0.1) is 6.54 Å². The second-order valence-corrected chi connectivity index (χ2v) is 5.45. The van der Waals surface area contributed by atoms with Gasteiger partial charge in [-0.3, -0.25) is 9.59 Å². The first kappa shape index (κ1) is 16.9. The number of Topliss-reactive ketones (excluding diaryl/α,β-unsaturated/α-hetero) is 1. The monoisotopic (exact) mass is 310 g/mol. The van der Waals surface area contributed by atoms with Gasteiger partial charge in [0.2, 0.25) is 5.91 Å². The minimum absolute atomic E-state index is 0.0138. The summed E-state index contributed by atoms with van der Waals surface area (Å²) in [6.07, 6.45) is 1.98. The van der Waals surface area contributed by atoms with E-state index in [1.54, 1.807) is 24.3 Å². The normalized spacial score (nSPS) is 10.3. The molecule has 4 heteroatoms. The maximum atomic E-state index is 11.9. The molecule has 0 aromatic heterocycles.